The molecule has 1 aromatic rings. The van der Waals surface area contributed by atoms with Crippen molar-refractivity contribution < 1.29 is 9.53 Å². The number of carbonyl (C=O) groups excluding carboxylic acids is 1. The van der Waals surface area contributed by atoms with Crippen LogP contribution in [0.25, 0.3) is 6.08 Å². The molecule has 0 unspecified atom stereocenters. The van der Waals surface area contributed by atoms with Gasteiger partial charge in [0.25, 0.3) is 0 Å². The minimum absolute atomic E-state index is 0.0781. The van der Waals surface area contributed by atoms with Crippen LogP contribution in [-0.2, 0) is 9.53 Å². The van der Waals surface area contributed by atoms with Crippen LogP contribution in [0.2, 0.25) is 5.02 Å². The van der Waals surface area contributed by atoms with Crippen molar-refractivity contribution in [1.29, 1.82) is 5.26 Å². The maximum Gasteiger partial charge on any atom is 0.348 e. The van der Waals surface area contributed by atoms with Crippen molar-refractivity contribution >= 4 is 23.6 Å². The van der Waals surface area contributed by atoms with Gasteiger partial charge in [0.15, 0.2) is 0 Å². The summed E-state index contributed by atoms with van der Waals surface area (Å²) in [6, 6.07) is 8.68. The molecule has 0 spiro atoms. The number of esters is 1. The van der Waals surface area contributed by atoms with Gasteiger partial charge >= 0.3 is 5.97 Å². The van der Waals surface area contributed by atoms with Crippen molar-refractivity contribution in [1.82, 2.24) is 0 Å². The Morgan fingerprint density at radius 2 is 2.20 bits per heavy atom. The monoisotopic (exact) mass is 221 g/mol. The lowest BCUT2D eigenvalue weighted by Crippen LogP contribution is -2.02. The average molecular weight is 222 g/mol. The maximum atomic E-state index is 11.1. The molecule has 0 bridgehead atoms. The van der Waals surface area contributed by atoms with Crippen LogP contribution in [0.15, 0.2) is 29.8 Å². The Labute approximate surface area is 92.5 Å². The second kappa shape index (κ2) is 5.18. The zero-order valence-electron chi connectivity index (χ0n) is 8.03. The molecular formula is C11H8ClNO2. The van der Waals surface area contributed by atoms with Gasteiger partial charge in [-0.15, -0.1) is 0 Å². The summed E-state index contributed by atoms with van der Waals surface area (Å²) in [6.07, 6.45) is 1.40. The highest BCUT2D eigenvalue weighted by Crippen LogP contribution is 2.18. The number of hydrogen-bond donors (Lipinski definition) is 0. The smallest absolute Gasteiger partial charge is 0.348 e. The van der Waals surface area contributed by atoms with E-state index in [1.165, 1.54) is 13.2 Å². The first-order chi connectivity index (χ1) is 7.19. The first-order valence-corrected chi connectivity index (χ1v) is 4.51. The number of carbonyl (C=O) groups is 1. The summed E-state index contributed by atoms with van der Waals surface area (Å²) in [5.74, 6) is -0.669. The van der Waals surface area contributed by atoms with E-state index < -0.39 is 5.97 Å². The number of ether oxygens (including phenoxy) is 1. The molecule has 0 radical (unpaired) electrons. The van der Waals surface area contributed by atoms with Crippen molar-refractivity contribution in [3.05, 3.63) is 40.4 Å². The molecule has 0 fully saturated rings. The van der Waals surface area contributed by atoms with Gasteiger partial charge in [0.1, 0.15) is 11.6 Å². The minimum atomic E-state index is -0.669. The SMILES string of the molecule is COC(=O)/C(C#N)=C\c1ccccc1Cl. The number of hydrogen-bond acceptors (Lipinski definition) is 3. The van der Waals surface area contributed by atoms with Crippen molar-refractivity contribution in [2.24, 2.45) is 0 Å². The van der Waals surface area contributed by atoms with Crippen LogP contribution in [-0.4, -0.2) is 13.1 Å². The molecule has 0 saturated carbocycles. The molecule has 0 aliphatic heterocycles. The lowest BCUT2D eigenvalue weighted by atomic mass is 10.1. The molecule has 0 atom stereocenters. The van der Waals surface area contributed by atoms with Crippen molar-refractivity contribution in [2.45, 2.75) is 0 Å². The molecule has 3 nitrogen and oxygen atoms in total. The molecule has 15 heavy (non-hydrogen) atoms. The molecule has 0 aromatic heterocycles. The zero-order valence-corrected chi connectivity index (χ0v) is 8.78. The van der Waals surface area contributed by atoms with Crippen LogP contribution in [0, 0.1) is 11.3 Å². The highest BCUT2D eigenvalue weighted by molar-refractivity contribution is 6.32. The van der Waals surface area contributed by atoms with Gasteiger partial charge in [0.2, 0.25) is 0 Å². The summed E-state index contributed by atoms with van der Waals surface area (Å²) < 4.78 is 4.44. The molecule has 0 aliphatic carbocycles. The second-order valence-corrected chi connectivity index (χ2v) is 3.09. The van der Waals surface area contributed by atoms with Gasteiger partial charge in [0, 0.05) is 5.02 Å². The van der Waals surface area contributed by atoms with Gasteiger partial charge in [-0.05, 0) is 17.7 Å². The van der Waals surface area contributed by atoms with E-state index >= 15 is 0 Å². The largest absolute Gasteiger partial charge is 0.465 e. The van der Waals surface area contributed by atoms with Crippen LogP contribution in [0.5, 0.6) is 0 Å². The van der Waals surface area contributed by atoms with E-state index in [-0.39, 0.29) is 5.57 Å². The van der Waals surface area contributed by atoms with Crippen LogP contribution < -0.4 is 0 Å². The molecule has 0 amide bonds. The maximum absolute atomic E-state index is 11.1. The van der Waals surface area contributed by atoms with E-state index in [4.69, 9.17) is 16.9 Å². The molecule has 0 aliphatic rings. The van der Waals surface area contributed by atoms with Crippen molar-refractivity contribution in [2.75, 3.05) is 7.11 Å². The Morgan fingerprint density at radius 1 is 1.53 bits per heavy atom. The third-order valence-corrected chi connectivity index (χ3v) is 2.08. The lowest BCUT2D eigenvalue weighted by Gasteiger charge is -1.98. The Balaban J connectivity index is 3.11. The quantitative estimate of drug-likeness (QED) is 0.438. The second-order valence-electron chi connectivity index (χ2n) is 2.68. The van der Waals surface area contributed by atoms with E-state index in [1.54, 1.807) is 30.3 Å². The average Bonchev–Trinajstić information content (AvgIpc) is 2.27. The number of methoxy groups -OCH3 is 1. The summed E-state index contributed by atoms with van der Waals surface area (Å²) in [4.78, 5) is 11.1. The van der Waals surface area contributed by atoms with Crippen LogP contribution in [0.3, 0.4) is 0 Å². The third kappa shape index (κ3) is 2.83. The topological polar surface area (TPSA) is 50.1 Å². The Bertz CT molecular complexity index is 446. The summed E-state index contributed by atoms with van der Waals surface area (Å²) in [5.41, 5.74) is 0.534. The molecule has 0 heterocycles. The Kier molecular flexibility index (Phi) is 3.90. The molecule has 0 saturated heterocycles. The highest BCUT2D eigenvalue weighted by Gasteiger charge is 2.09. The highest BCUT2D eigenvalue weighted by atomic mass is 35.5. The fourth-order valence-electron chi connectivity index (χ4n) is 0.994. The van der Waals surface area contributed by atoms with E-state index in [1.807, 2.05) is 0 Å². The summed E-state index contributed by atoms with van der Waals surface area (Å²) in [6.45, 7) is 0. The number of benzene rings is 1. The zero-order chi connectivity index (χ0) is 11.3. The summed E-state index contributed by atoms with van der Waals surface area (Å²) in [7, 11) is 1.22. The molecule has 76 valence electrons. The molecule has 1 aromatic carbocycles. The minimum Gasteiger partial charge on any atom is -0.465 e. The predicted molar refractivity (Wildman–Crippen MR) is 57.1 cm³/mol. The fourth-order valence-corrected chi connectivity index (χ4v) is 1.18. The van der Waals surface area contributed by atoms with Gasteiger partial charge in [-0.1, -0.05) is 29.8 Å². The van der Waals surface area contributed by atoms with Crippen LogP contribution >= 0.6 is 11.6 Å². The predicted octanol–water partition coefficient (Wildman–Crippen LogP) is 2.42. The van der Waals surface area contributed by atoms with Crippen LogP contribution in [0.1, 0.15) is 5.56 Å². The van der Waals surface area contributed by atoms with Gasteiger partial charge in [-0.25, -0.2) is 4.79 Å². The standard InChI is InChI=1S/C11H8ClNO2/c1-15-11(14)9(7-13)6-8-4-2-3-5-10(8)12/h2-6H,1H3/b9-6-. The van der Waals surface area contributed by atoms with Crippen molar-refractivity contribution in [3.63, 3.8) is 0 Å². The molecular weight excluding hydrogens is 214 g/mol. The van der Waals surface area contributed by atoms with Crippen LogP contribution in [0.4, 0.5) is 0 Å². The van der Waals surface area contributed by atoms with E-state index in [9.17, 15) is 4.79 Å². The van der Waals surface area contributed by atoms with Gasteiger partial charge in [-0.2, -0.15) is 5.26 Å². The molecule has 0 N–H and O–H groups in total. The summed E-state index contributed by atoms with van der Waals surface area (Å²) in [5, 5.41) is 9.20. The van der Waals surface area contributed by atoms with E-state index in [0.717, 1.165) is 0 Å². The van der Waals surface area contributed by atoms with E-state index in [2.05, 4.69) is 4.74 Å². The normalized spacial score (nSPS) is 10.6. The van der Waals surface area contributed by atoms with E-state index in [0.29, 0.717) is 10.6 Å². The number of rotatable bonds is 2. The molecule has 4 heteroatoms. The Hall–Kier alpha value is -1.79. The van der Waals surface area contributed by atoms with Gasteiger partial charge in [0.05, 0.1) is 7.11 Å². The van der Waals surface area contributed by atoms with Gasteiger partial charge < -0.3 is 4.74 Å². The molecule has 1 rings (SSSR count). The number of nitrogens with zero attached hydrogens (tertiary/aromatic N) is 1. The lowest BCUT2D eigenvalue weighted by molar-refractivity contribution is -0.135. The van der Waals surface area contributed by atoms with Gasteiger partial charge in [-0.3, -0.25) is 0 Å². The Morgan fingerprint density at radius 3 is 2.73 bits per heavy atom. The first-order valence-electron chi connectivity index (χ1n) is 4.13. The van der Waals surface area contributed by atoms with Crippen molar-refractivity contribution in [3.8, 4) is 6.07 Å². The number of nitriles is 1. The summed E-state index contributed by atoms with van der Waals surface area (Å²) >= 11 is 5.87. The first kappa shape index (κ1) is 11.3. The third-order valence-electron chi connectivity index (χ3n) is 1.73. The number of halogens is 1. The fraction of sp³-hybridized carbons (Fsp3) is 0.0909.